The molecular formula is C16H27NO3. The topological polar surface area (TPSA) is 57.6 Å². The van der Waals surface area contributed by atoms with E-state index in [0.717, 1.165) is 32.1 Å². The maximum atomic E-state index is 12.0. The molecule has 2 rings (SSSR count). The molecule has 4 nitrogen and oxygen atoms in total. The van der Waals surface area contributed by atoms with Crippen LogP contribution in [-0.2, 0) is 9.59 Å². The minimum atomic E-state index is -0.948. The summed E-state index contributed by atoms with van der Waals surface area (Å²) in [5.41, 5.74) is -0.948. The van der Waals surface area contributed by atoms with Crippen molar-refractivity contribution in [1.82, 2.24) is 4.90 Å². The van der Waals surface area contributed by atoms with Crippen LogP contribution in [0.3, 0.4) is 0 Å². The van der Waals surface area contributed by atoms with Crippen LogP contribution in [-0.4, -0.2) is 33.5 Å². The van der Waals surface area contributed by atoms with Gasteiger partial charge in [0, 0.05) is 13.0 Å². The van der Waals surface area contributed by atoms with E-state index in [-0.39, 0.29) is 11.9 Å². The number of hydrogen-bond acceptors (Lipinski definition) is 2. The maximum Gasteiger partial charge on any atom is 0.329 e. The summed E-state index contributed by atoms with van der Waals surface area (Å²) in [6.45, 7) is 5.94. The molecule has 2 saturated carbocycles. The smallest absolute Gasteiger partial charge is 0.329 e. The molecule has 2 fully saturated rings. The molecule has 0 spiro atoms. The molecule has 2 unspecified atom stereocenters. The first-order chi connectivity index (χ1) is 9.38. The zero-order valence-electron chi connectivity index (χ0n) is 12.9. The van der Waals surface area contributed by atoms with E-state index < -0.39 is 11.5 Å². The average Bonchev–Trinajstić information content (AvgIpc) is 3.15. The number of rotatable bonds is 4. The van der Waals surface area contributed by atoms with Gasteiger partial charge in [-0.05, 0) is 43.9 Å². The highest BCUT2D eigenvalue weighted by molar-refractivity contribution is 5.86. The number of carbonyl (C=O) groups is 2. The van der Waals surface area contributed by atoms with Crippen molar-refractivity contribution in [1.29, 1.82) is 0 Å². The van der Waals surface area contributed by atoms with Gasteiger partial charge in [-0.3, -0.25) is 4.79 Å². The van der Waals surface area contributed by atoms with Gasteiger partial charge in [-0.2, -0.15) is 0 Å². The summed E-state index contributed by atoms with van der Waals surface area (Å²) >= 11 is 0. The molecule has 0 aromatic carbocycles. The summed E-state index contributed by atoms with van der Waals surface area (Å²) < 4.78 is 0. The van der Waals surface area contributed by atoms with Crippen LogP contribution in [0.15, 0.2) is 0 Å². The molecule has 20 heavy (non-hydrogen) atoms. The molecule has 2 aliphatic rings. The molecule has 114 valence electrons. The second-order valence-electron chi connectivity index (χ2n) is 6.89. The number of carboxylic acids is 1. The van der Waals surface area contributed by atoms with Crippen molar-refractivity contribution < 1.29 is 14.7 Å². The van der Waals surface area contributed by atoms with Crippen molar-refractivity contribution in [2.45, 2.75) is 77.3 Å². The molecule has 0 bridgehead atoms. The molecule has 0 aromatic heterocycles. The summed E-state index contributed by atoms with van der Waals surface area (Å²) in [5, 5.41) is 9.84. The number of aliphatic carboxylic acids is 1. The number of carboxylic acid groups (broad SMARTS) is 1. The quantitative estimate of drug-likeness (QED) is 0.806. The zero-order valence-corrected chi connectivity index (χ0v) is 12.9. The lowest BCUT2D eigenvalue weighted by atomic mass is 9.85. The van der Waals surface area contributed by atoms with Gasteiger partial charge in [-0.15, -0.1) is 0 Å². The Morgan fingerprint density at radius 3 is 2.25 bits per heavy atom. The van der Waals surface area contributed by atoms with E-state index in [0.29, 0.717) is 24.7 Å². The van der Waals surface area contributed by atoms with Crippen LogP contribution in [0.1, 0.15) is 65.7 Å². The molecule has 0 saturated heterocycles. The third-order valence-electron chi connectivity index (χ3n) is 5.15. The summed E-state index contributed by atoms with van der Waals surface area (Å²) in [6.07, 6.45) is 6.06. The van der Waals surface area contributed by atoms with Gasteiger partial charge in [0.05, 0.1) is 0 Å². The number of hydrogen-bond donors (Lipinski definition) is 1. The van der Waals surface area contributed by atoms with Gasteiger partial charge < -0.3 is 10.0 Å². The van der Waals surface area contributed by atoms with Gasteiger partial charge in [-0.25, -0.2) is 4.79 Å². The molecule has 0 heterocycles. The number of carbonyl (C=O) groups excluding carboxylic acids is 1. The van der Waals surface area contributed by atoms with Crippen LogP contribution in [0, 0.1) is 11.8 Å². The van der Waals surface area contributed by atoms with Crippen LogP contribution in [0.2, 0.25) is 0 Å². The second-order valence-corrected chi connectivity index (χ2v) is 6.89. The van der Waals surface area contributed by atoms with Crippen LogP contribution in [0.25, 0.3) is 0 Å². The SMILES string of the molecule is CC(=O)N(C1CC1)C1(C(=O)O)CCCC(C(C)C)CC1. The van der Waals surface area contributed by atoms with E-state index in [4.69, 9.17) is 0 Å². The van der Waals surface area contributed by atoms with Crippen molar-refractivity contribution in [2.75, 3.05) is 0 Å². The Hall–Kier alpha value is -1.06. The fourth-order valence-corrected chi connectivity index (χ4v) is 3.82. The molecule has 1 N–H and O–H groups in total. The highest BCUT2D eigenvalue weighted by atomic mass is 16.4. The first-order valence-electron chi connectivity index (χ1n) is 7.92. The maximum absolute atomic E-state index is 12.0. The molecular weight excluding hydrogens is 254 g/mol. The van der Waals surface area contributed by atoms with E-state index in [1.807, 2.05) is 0 Å². The van der Waals surface area contributed by atoms with E-state index in [1.165, 1.54) is 6.92 Å². The second kappa shape index (κ2) is 5.74. The zero-order chi connectivity index (χ0) is 14.9. The third kappa shape index (κ3) is 2.84. The highest BCUT2D eigenvalue weighted by Gasteiger charge is 2.51. The summed E-state index contributed by atoms with van der Waals surface area (Å²) in [4.78, 5) is 25.7. The van der Waals surface area contributed by atoms with Crippen molar-refractivity contribution in [3.8, 4) is 0 Å². The standard InChI is InChI=1S/C16H27NO3/c1-11(2)13-5-4-9-16(10-8-13,15(19)20)17(12(3)18)14-6-7-14/h11,13-14H,4-10H2,1-3H3,(H,19,20). The van der Waals surface area contributed by atoms with E-state index in [1.54, 1.807) is 4.90 Å². The minimum Gasteiger partial charge on any atom is -0.479 e. The van der Waals surface area contributed by atoms with Crippen LogP contribution < -0.4 is 0 Å². The third-order valence-corrected chi connectivity index (χ3v) is 5.15. The summed E-state index contributed by atoms with van der Waals surface area (Å²) in [5.74, 6) is 0.303. The van der Waals surface area contributed by atoms with Crippen LogP contribution >= 0.6 is 0 Å². The van der Waals surface area contributed by atoms with Crippen LogP contribution in [0.4, 0.5) is 0 Å². The Kier molecular flexibility index (Phi) is 4.40. The fraction of sp³-hybridized carbons (Fsp3) is 0.875. The lowest BCUT2D eigenvalue weighted by Crippen LogP contribution is -2.57. The molecule has 4 heteroatoms. The Morgan fingerprint density at radius 2 is 1.80 bits per heavy atom. The van der Waals surface area contributed by atoms with Gasteiger partial charge >= 0.3 is 5.97 Å². The monoisotopic (exact) mass is 281 g/mol. The van der Waals surface area contributed by atoms with Gasteiger partial charge in [0.25, 0.3) is 0 Å². The van der Waals surface area contributed by atoms with E-state index in [9.17, 15) is 14.7 Å². The summed E-state index contributed by atoms with van der Waals surface area (Å²) in [7, 11) is 0. The largest absolute Gasteiger partial charge is 0.479 e. The van der Waals surface area contributed by atoms with E-state index in [2.05, 4.69) is 13.8 Å². The normalized spacial score (nSPS) is 30.9. The average molecular weight is 281 g/mol. The molecule has 2 aliphatic carbocycles. The van der Waals surface area contributed by atoms with Crippen LogP contribution in [0.5, 0.6) is 0 Å². The minimum absolute atomic E-state index is 0.0714. The molecule has 0 aromatic rings. The fourth-order valence-electron chi connectivity index (χ4n) is 3.82. The first kappa shape index (κ1) is 15.3. The van der Waals surface area contributed by atoms with E-state index >= 15 is 0 Å². The van der Waals surface area contributed by atoms with Gasteiger partial charge in [0.2, 0.25) is 5.91 Å². The van der Waals surface area contributed by atoms with Crippen molar-refractivity contribution in [3.63, 3.8) is 0 Å². The Morgan fingerprint density at radius 1 is 1.15 bits per heavy atom. The lowest BCUT2D eigenvalue weighted by molar-refractivity contribution is -0.160. The predicted octanol–water partition coefficient (Wildman–Crippen LogP) is 3.06. The molecule has 1 amide bonds. The van der Waals surface area contributed by atoms with Crippen molar-refractivity contribution in [3.05, 3.63) is 0 Å². The number of nitrogens with zero attached hydrogens (tertiary/aromatic N) is 1. The Balaban J connectivity index is 2.25. The predicted molar refractivity (Wildman–Crippen MR) is 77.3 cm³/mol. The Bertz CT molecular complexity index is 389. The van der Waals surface area contributed by atoms with Crippen molar-refractivity contribution in [2.24, 2.45) is 11.8 Å². The first-order valence-corrected chi connectivity index (χ1v) is 7.92. The Labute approximate surface area is 121 Å². The van der Waals surface area contributed by atoms with Crippen molar-refractivity contribution >= 4 is 11.9 Å². The highest BCUT2D eigenvalue weighted by Crippen LogP contribution is 2.42. The number of amides is 1. The van der Waals surface area contributed by atoms with Gasteiger partial charge in [0.1, 0.15) is 5.54 Å². The van der Waals surface area contributed by atoms with Gasteiger partial charge in [-0.1, -0.05) is 26.7 Å². The summed E-state index contributed by atoms with van der Waals surface area (Å²) in [6, 6.07) is 0.166. The molecule has 0 radical (unpaired) electrons. The van der Waals surface area contributed by atoms with Gasteiger partial charge in [0.15, 0.2) is 0 Å². The molecule has 0 aliphatic heterocycles. The molecule has 2 atom stereocenters. The lowest BCUT2D eigenvalue weighted by Gasteiger charge is -2.40.